The second-order valence-corrected chi connectivity index (χ2v) is 2.02. The van der Waals surface area contributed by atoms with E-state index in [9.17, 15) is 4.79 Å². The highest BCUT2D eigenvalue weighted by atomic mass is 16.5. The number of carbonyl (C=O) groups excluding carboxylic acids is 1. The molecule has 1 heterocycles. The molecule has 0 amide bonds. The summed E-state index contributed by atoms with van der Waals surface area (Å²) in [5.74, 6) is -0.471. The molecule has 1 unspecified atom stereocenters. The third-order valence-electron chi connectivity index (χ3n) is 1.22. The summed E-state index contributed by atoms with van der Waals surface area (Å²) in [5, 5.41) is 17.2. The minimum atomic E-state index is -0.782. The van der Waals surface area contributed by atoms with Crippen molar-refractivity contribution in [2.75, 3.05) is 13.2 Å². The van der Waals surface area contributed by atoms with Crippen molar-refractivity contribution in [3.63, 3.8) is 0 Å². The maximum absolute atomic E-state index is 10.7. The molecule has 4 heteroatoms. The molecule has 0 aromatic heterocycles. The van der Waals surface area contributed by atoms with Gasteiger partial charge in [-0.2, -0.15) is 0 Å². The SMILES string of the molecule is O=C1C=C(O)COC1CO. The number of hydrogen-bond donors (Lipinski definition) is 2. The van der Waals surface area contributed by atoms with E-state index in [1.165, 1.54) is 0 Å². The third kappa shape index (κ3) is 1.34. The number of aliphatic hydroxyl groups excluding tert-OH is 2. The zero-order chi connectivity index (χ0) is 7.56. The van der Waals surface area contributed by atoms with E-state index in [1.807, 2.05) is 0 Å². The normalized spacial score (nSPS) is 26.3. The standard InChI is InChI=1S/C6H8O4/c7-2-6-5(9)1-4(8)3-10-6/h1,6-8H,2-3H2. The first-order valence-electron chi connectivity index (χ1n) is 2.90. The predicted octanol–water partition coefficient (Wildman–Crippen LogP) is -0.611. The van der Waals surface area contributed by atoms with Gasteiger partial charge in [-0.1, -0.05) is 0 Å². The fourth-order valence-electron chi connectivity index (χ4n) is 0.710. The summed E-state index contributed by atoms with van der Waals surface area (Å²) in [6.45, 7) is -0.320. The van der Waals surface area contributed by atoms with Gasteiger partial charge in [0.25, 0.3) is 0 Å². The van der Waals surface area contributed by atoms with Crippen LogP contribution in [0.3, 0.4) is 0 Å². The molecule has 1 aliphatic heterocycles. The van der Waals surface area contributed by atoms with E-state index in [0.29, 0.717) is 0 Å². The van der Waals surface area contributed by atoms with Crippen LogP contribution >= 0.6 is 0 Å². The fourth-order valence-corrected chi connectivity index (χ4v) is 0.710. The van der Waals surface area contributed by atoms with Crippen LogP contribution < -0.4 is 0 Å². The zero-order valence-corrected chi connectivity index (χ0v) is 5.28. The number of carbonyl (C=O) groups is 1. The van der Waals surface area contributed by atoms with E-state index in [0.717, 1.165) is 6.08 Å². The van der Waals surface area contributed by atoms with E-state index in [-0.39, 0.29) is 24.8 Å². The Kier molecular flexibility index (Phi) is 2.03. The van der Waals surface area contributed by atoms with Gasteiger partial charge in [0.05, 0.1) is 6.61 Å². The van der Waals surface area contributed by atoms with Crippen LogP contribution in [0.25, 0.3) is 0 Å². The molecule has 1 aliphatic rings. The molecule has 0 radical (unpaired) electrons. The predicted molar refractivity (Wildman–Crippen MR) is 32.5 cm³/mol. The highest BCUT2D eigenvalue weighted by molar-refractivity contribution is 5.94. The van der Waals surface area contributed by atoms with Crippen LogP contribution in [0.5, 0.6) is 0 Å². The lowest BCUT2D eigenvalue weighted by Crippen LogP contribution is -2.31. The quantitative estimate of drug-likeness (QED) is 0.515. The van der Waals surface area contributed by atoms with Crippen molar-refractivity contribution in [3.8, 4) is 0 Å². The largest absolute Gasteiger partial charge is 0.510 e. The van der Waals surface area contributed by atoms with Gasteiger partial charge in [0.15, 0.2) is 5.78 Å². The number of hydrogen-bond acceptors (Lipinski definition) is 4. The molecule has 56 valence electrons. The number of rotatable bonds is 1. The Morgan fingerprint density at radius 1 is 1.80 bits per heavy atom. The van der Waals surface area contributed by atoms with Crippen molar-refractivity contribution in [2.45, 2.75) is 6.10 Å². The van der Waals surface area contributed by atoms with Crippen LogP contribution in [0, 0.1) is 0 Å². The second kappa shape index (κ2) is 2.81. The summed E-state index contributed by atoms with van der Waals surface area (Å²) in [7, 11) is 0. The Balaban J connectivity index is 2.64. The van der Waals surface area contributed by atoms with Crippen LogP contribution in [0.2, 0.25) is 0 Å². The first-order valence-corrected chi connectivity index (χ1v) is 2.90. The van der Waals surface area contributed by atoms with Gasteiger partial charge in [0.2, 0.25) is 0 Å². The van der Waals surface area contributed by atoms with Gasteiger partial charge < -0.3 is 14.9 Å². The molecule has 0 aliphatic carbocycles. The molecule has 0 spiro atoms. The number of aliphatic hydroxyl groups is 2. The van der Waals surface area contributed by atoms with Gasteiger partial charge in [-0.05, 0) is 0 Å². The topological polar surface area (TPSA) is 66.8 Å². The van der Waals surface area contributed by atoms with Crippen molar-refractivity contribution < 1.29 is 19.7 Å². The maximum atomic E-state index is 10.7. The highest BCUT2D eigenvalue weighted by Crippen LogP contribution is 2.05. The zero-order valence-electron chi connectivity index (χ0n) is 5.28. The summed E-state index contributed by atoms with van der Waals surface area (Å²) in [6.07, 6.45) is 0.292. The molecule has 4 nitrogen and oxygen atoms in total. The average Bonchev–Trinajstić information content (AvgIpc) is 1.88. The van der Waals surface area contributed by atoms with Gasteiger partial charge in [0.1, 0.15) is 18.5 Å². The molecule has 1 atom stereocenters. The van der Waals surface area contributed by atoms with Crippen LogP contribution in [0.15, 0.2) is 11.8 Å². The van der Waals surface area contributed by atoms with Gasteiger partial charge in [-0.25, -0.2) is 0 Å². The Morgan fingerprint density at radius 3 is 3.00 bits per heavy atom. The van der Waals surface area contributed by atoms with E-state index in [2.05, 4.69) is 0 Å². The highest BCUT2D eigenvalue weighted by Gasteiger charge is 2.21. The Labute approximate surface area is 57.7 Å². The van der Waals surface area contributed by atoms with Crippen LogP contribution in [-0.4, -0.2) is 35.3 Å². The Morgan fingerprint density at radius 2 is 2.50 bits per heavy atom. The molecule has 0 bridgehead atoms. The third-order valence-corrected chi connectivity index (χ3v) is 1.22. The molecule has 10 heavy (non-hydrogen) atoms. The van der Waals surface area contributed by atoms with Crippen molar-refractivity contribution in [1.82, 2.24) is 0 Å². The first-order chi connectivity index (χ1) is 4.74. The first kappa shape index (κ1) is 7.24. The molecule has 0 fully saturated rings. The second-order valence-electron chi connectivity index (χ2n) is 2.02. The summed E-state index contributed by atoms with van der Waals surface area (Å²) >= 11 is 0. The Hall–Kier alpha value is -0.870. The molecule has 1 rings (SSSR count). The Bertz CT molecular complexity index is 173. The average molecular weight is 144 g/mol. The lowest BCUT2D eigenvalue weighted by atomic mass is 10.2. The van der Waals surface area contributed by atoms with E-state index >= 15 is 0 Å². The van der Waals surface area contributed by atoms with Crippen molar-refractivity contribution in [1.29, 1.82) is 0 Å². The van der Waals surface area contributed by atoms with Crippen molar-refractivity contribution in [2.24, 2.45) is 0 Å². The van der Waals surface area contributed by atoms with E-state index in [1.54, 1.807) is 0 Å². The molecular weight excluding hydrogens is 136 g/mol. The van der Waals surface area contributed by atoms with Crippen LogP contribution in [0.1, 0.15) is 0 Å². The molecule has 0 saturated heterocycles. The molecular formula is C6H8O4. The van der Waals surface area contributed by atoms with E-state index in [4.69, 9.17) is 14.9 Å². The molecule has 2 N–H and O–H groups in total. The van der Waals surface area contributed by atoms with Crippen molar-refractivity contribution >= 4 is 5.78 Å². The smallest absolute Gasteiger partial charge is 0.190 e. The maximum Gasteiger partial charge on any atom is 0.190 e. The van der Waals surface area contributed by atoms with Crippen LogP contribution in [-0.2, 0) is 9.53 Å². The summed E-state index contributed by atoms with van der Waals surface area (Å²) in [5.41, 5.74) is 0. The van der Waals surface area contributed by atoms with Crippen molar-refractivity contribution in [3.05, 3.63) is 11.8 Å². The van der Waals surface area contributed by atoms with E-state index < -0.39 is 6.10 Å². The summed E-state index contributed by atoms with van der Waals surface area (Å²) in [4.78, 5) is 10.7. The summed E-state index contributed by atoms with van der Waals surface area (Å²) in [6, 6.07) is 0. The molecule has 0 saturated carbocycles. The minimum absolute atomic E-state index is 0.0109. The number of ketones is 1. The molecule has 0 aromatic rings. The fraction of sp³-hybridized carbons (Fsp3) is 0.500. The van der Waals surface area contributed by atoms with Gasteiger partial charge in [0, 0.05) is 6.08 Å². The van der Waals surface area contributed by atoms with Gasteiger partial charge in [-0.3, -0.25) is 4.79 Å². The lowest BCUT2D eigenvalue weighted by Gasteiger charge is -2.16. The minimum Gasteiger partial charge on any atom is -0.510 e. The monoisotopic (exact) mass is 144 g/mol. The molecule has 0 aromatic carbocycles. The van der Waals surface area contributed by atoms with Gasteiger partial charge in [-0.15, -0.1) is 0 Å². The van der Waals surface area contributed by atoms with Gasteiger partial charge >= 0.3 is 0 Å². The lowest BCUT2D eigenvalue weighted by molar-refractivity contribution is -0.130. The summed E-state index contributed by atoms with van der Waals surface area (Å²) < 4.78 is 4.73. The van der Waals surface area contributed by atoms with Crippen LogP contribution in [0.4, 0.5) is 0 Å². The number of ether oxygens (including phenoxy) is 1.